The van der Waals surface area contributed by atoms with Crippen LogP contribution >= 0.6 is 0 Å². The SMILES string of the molecule is CCOC(=O)CCN1CC(=O)N(Cc2ccc(NC(=O)CCCNC(=O)OC(C)(C)C)cc2)c2ccc(CCCCCCNC(=O)OC(C)(C)C)cc2C1=O. The molecular formula is C41H59N5O9. The van der Waals surface area contributed by atoms with Crippen LogP contribution < -0.4 is 20.9 Å². The predicted octanol–water partition coefficient (Wildman–Crippen LogP) is 6.50. The molecule has 1 aliphatic rings. The number of alkyl carbamates (subject to hydrolysis) is 2. The van der Waals surface area contributed by atoms with Gasteiger partial charge in [0.25, 0.3) is 5.91 Å². The Bertz CT molecular complexity index is 1630. The van der Waals surface area contributed by atoms with E-state index < -0.39 is 29.4 Å². The van der Waals surface area contributed by atoms with Gasteiger partial charge in [0.1, 0.15) is 17.7 Å². The number of aryl methyl sites for hydroxylation is 1. The highest BCUT2D eigenvalue weighted by Crippen LogP contribution is 2.30. The van der Waals surface area contributed by atoms with Crippen LogP contribution in [0.4, 0.5) is 21.0 Å². The summed E-state index contributed by atoms with van der Waals surface area (Å²) in [6.07, 6.45) is 3.92. The summed E-state index contributed by atoms with van der Waals surface area (Å²) in [5.74, 6) is -1.27. The molecule has 55 heavy (non-hydrogen) atoms. The molecule has 0 radical (unpaired) electrons. The smallest absolute Gasteiger partial charge is 0.407 e. The maximum Gasteiger partial charge on any atom is 0.407 e. The van der Waals surface area contributed by atoms with Crippen LogP contribution in [0.25, 0.3) is 0 Å². The number of nitrogens with zero attached hydrogens (tertiary/aromatic N) is 2. The van der Waals surface area contributed by atoms with Gasteiger partial charge in [-0.25, -0.2) is 9.59 Å². The van der Waals surface area contributed by atoms with Gasteiger partial charge in [0.05, 0.1) is 30.8 Å². The molecule has 0 fully saturated rings. The molecule has 2 aromatic carbocycles. The van der Waals surface area contributed by atoms with Crippen LogP contribution in [0.1, 0.15) is 115 Å². The minimum Gasteiger partial charge on any atom is -0.466 e. The third-order valence-electron chi connectivity index (χ3n) is 8.28. The Hall–Kier alpha value is -5.14. The second-order valence-electron chi connectivity index (χ2n) is 15.5. The van der Waals surface area contributed by atoms with Crippen molar-refractivity contribution in [3.8, 4) is 0 Å². The van der Waals surface area contributed by atoms with Crippen molar-refractivity contribution in [2.24, 2.45) is 0 Å². The summed E-state index contributed by atoms with van der Waals surface area (Å²) in [5.41, 5.74) is 2.07. The average Bonchev–Trinajstić information content (AvgIpc) is 3.18. The number of fused-ring (bicyclic) bond motifs is 1. The molecule has 0 spiro atoms. The van der Waals surface area contributed by atoms with E-state index in [9.17, 15) is 28.8 Å². The lowest BCUT2D eigenvalue weighted by Gasteiger charge is -2.23. The quantitative estimate of drug-likeness (QED) is 0.0870. The molecule has 14 nitrogen and oxygen atoms in total. The molecule has 0 saturated carbocycles. The van der Waals surface area contributed by atoms with Crippen molar-refractivity contribution in [2.45, 2.75) is 118 Å². The summed E-state index contributed by atoms with van der Waals surface area (Å²) in [6, 6.07) is 12.7. The monoisotopic (exact) mass is 765 g/mol. The van der Waals surface area contributed by atoms with Crippen molar-refractivity contribution in [1.29, 1.82) is 0 Å². The van der Waals surface area contributed by atoms with E-state index in [1.807, 2.05) is 51.1 Å². The second-order valence-corrected chi connectivity index (χ2v) is 15.5. The second kappa shape index (κ2) is 21.1. The number of carbonyl (C=O) groups excluding carboxylic acids is 6. The first-order chi connectivity index (χ1) is 25.9. The number of carbonyl (C=O) groups is 6. The molecule has 0 unspecified atom stereocenters. The number of benzene rings is 2. The number of unbranched alkanes of at least 4 members (excludes halogenated alkanes) is 3. The molecule has 2 aromatic rings. The average molecular weight is 766 g/mol. The molecule has 0 aromatic heterocycles. The Kier molecular flexibility index (Phi) is 17.0. The summed E-state index contributed by atoms with van der Waals surface area (Å²) in [5, 5.41) is 8.27. The first kappa shape index (κ1) is 44.3. The number of hydrogen-bond acceptors (Lipinski definition) is 9. The lowest BCUT2D eigenvalue weighted by molar-refractivity contribution is -0.143. The minimum atomic E-state index is -0.600. The number of esters is 1. The molecule has 3 rings (SSSR count). The van der Waals surface area contributed by atoms with Gasteiger partial charge in [0.2, 0.25) is 11.8 Å². The van der Waals surface area contributed by atoms with E-state index in [0.717, 1.165) is 43.2 Å². The Balaban J connectivity index is 1.63. The largest absolute Gasteiger partial charge is 0.466 e. The zero-order valence-corrected chi connectivity index (χ0v) is 33.5. The van der Waals surface area contributed by atoms with Gasteiger partial charge in [-0.1, -0.05) is 31.0 Å². The zero-order valence-electron chi connectivity index (χ0n) is 33.5. The lowest BCUT2D eigenvalue weighted by atomic mass is 10.0. The van der Waals surface area contributed by atoms with Crippen molar-refractivity contribution in [1.82, 2.24) is 15.5 Å². The fourth-order valence-corrected chi connectivity index (χ4v) is 5.75. The molecule has 1 aliphatic heterocycles. The van der Waals surface area contributed by atoms with E-state index in [2.05, 4.69) is 16.0 Å². The molecule has 302 valence electrons. The summed E-state index contributed by atoms with van der Waals surface area (Å²) >= 11 is 0. The van der Waals surface area contributed by atoms with Gasteiger partial charge in [0.15, 0.2) is 0 Å². The van der Waals surface area contributed by atoms with Crippen LogP contribution in [0.2, 0.25) is 0 Å². The topological polar surface area (TPSA) is 173 Å². The van der Waals surface area contributed by atoms with Gasteiger partial charge in [0, 0.05) is 31.7 Å². The van der Waals surface area contributed by atoms with Gasteiger partial charge in [-0.15, -0.1) is 0 Å². The minimum absolute atomic E-state index is 0.0297. The highest BCUT2D eigenvalue weighted by molar-refractivity contribution is 6.09. The Morgan fingerprint density at radius 2 is 1.35 bits per heavy atom. The molecular weight excluding hydrogens is 706 g/mol. The van der Waals surface area contributed by atoms with Gasteiger partial charge in [-0.2, -0.15) is 0 Å². The molecule has 3 N–H and O–H groups in total. The van der Waals surface area contributed by atoms with Gasteiger partial charge in [-0.05, 0) is 110 Å². The number of rotatable bonds is 18. The van der Waals surface area contributed by atoms with Gasteiger partial charge < -0.3 is 40.0 Å². The number of anilines is 2. The van der Waals surface area contributed by atoms with E-state index >= 15 is 0 Å². The van der Waals surface area contributed by atoms with Crippen LogP contribution in [-0.4, -0.2) is 84.8 Å². The van der Waals surface area contributed by atoms with Gasteiger partial charge >= 0.3 is 18.2 Å². The number of ether oxygens (including phenoxy) is 3. The summed E-state index contributed by atoms with van der Waals surface area (Å²) in [4.78, 5) is 79.0. The van der Waals surface area contributed by atoms with Gasteiger partial charge in [-0.3, -0.25) is 19.2 Å². The van der Waals surface area contributed by atoms with Crippen molar-refractivity contribution in [2.75, 3.05) is 43.0 Å². The van der Waals surface area contributed by atoms with Crippen molar-refractivity contribution >= 4 is 47.3 Å². The van der Waals surface area contributed by atoms with E-state index in [4.69, 9.17) is 14.2 Å². The number of nitrogens with one attached hydrogen (secondary N) is 3. The number of amides is 5. The van der Waals surface area contributed by atoms with Crippen LogP contribution in [0.15, 0.2) is 42.5 Å². The van der Waals surface area contributed by atoms with E-state index in [1.165, 1.54) is 4.90 Å². The number of hydrogen-bond donors (Lipinski definition) is 3. The standard InChI is InChI=1S/C41H59N5O9/c1-8-53-36(49)22-25-45-28-35(48)46(27-30-16-19-31(20-17-30)44-34(47)15-13-24-43-39(52)55-41(5,6)7)33-21-18-29(26-32(33)37(45)50)14-11-9-10-12-23-42-38(51)54-40(2,3)4/h16-21,26H,8-15,22-25,27-28H2,1-7H3,(H,42,51)(H,43,52)(H,44,47). The molecule has 0 saturated heterocycles. The normalized spacial score (nSPS) is 13.1. The Morgan fingerprint density at radius 3 is 1.96 bits per heavy atom. The third-order valence-corrected chi connectivity index (χ3v) is 8.28. The molecule has 0 aliphatic carbocycles. The van der Waals surface area contributed by atoms with E-state index in [1.54, 1.807) is 44.7 Å². The fraction of sp³-hybridized carbons (Fsp3) is 0.561. The van der Waals surface area contributed by atoms with Crippen molar-refractivity contribution < 1.29 is 43.0 Å². The first-order valence-electron chi connectivity index (χ1n) is 19.1. The van der Waals surface area contributed by atoms with Crippen LogP contribution in [0.3, 0.4) is 0 Å². The molecule has 0 bridgehead atoms. The van der Waals surface area contributed by atoms with Crippen LogP contribution in [-0.2, 0) is 41.6 Å². The Morgan fingerprint density at radius 1 is 0.745 bits per heavy atom. The fourth-order valence-electron chi connectivity index (χ4n) is 5.75. The summed E-state index contributed by atoms with van der Waals surface area (Å²) in [6.45, 7) is 13.6. The van der Waals surface area contributed by atoms with Crippen LogP contribution in [0, 0.1) is 0 Å². The Labute approximate surface area is 325 Å². The zero-order chi connectivity index (χ0) is 40.6. The first-order valence-corrected chi connectivity index (χ1v) is 19.1. The molecule has 0 atom stereocenters. The van der Waals surface area contributed by atoms with Crippen LogP contribution in [0.5, 0.6) is 0 Å². The predicted molar refractivity (Wildman–Crippen MR) is 210 cm³/mol. The lowest BCUT2D eigenvalue weighted by Crippen LogP contribution is -2.40. The van der Waals surface area contributed by atoms with E-state index in [-0.39, 0.29) is 56.8 Å². The maximum atomic E-state index is 13.9. The van der Waals surface area contributed by atoms with E-state index in [0.29, 0.717) is 36.4 Å². The highest BCUT2D eigenvalue weighted by atomic mass is 16.6. The van der Waals surface area contributed by atoms with Crippen molar-refractivity contribution in [3.05, 3.63) is 59.2 Å². The maximum absolute atomic E-state index is 13.9. The summed E-state index contributed by atoms with van der Waals surface area (Å²) < 4.78 is 15.5. The molecule has 1 heterocycles. The highest BCUT2D eigenvalue weighted by Gasteiger charge is 2.32. The molecule has 14 heteroatoms. The molecule has 5 amide bonds. The third kappa shape index (κ3) is 16.4. The van der Waals surface area contributed by atoms with Crippen molar-refractivity contribution in [3.63, 3.8) is 0 Å². The summed E-state index contributed by atoms with van der Waals surface area (Å²) in [7, 11) is 0.